The molecule has 0 unspecified atom stereocenters. The second-order valence-corrected chi connectivity index (χ2v) is 9.43. The molecule has 3 aromatic heterocycles. The van der Waals surface area contributed by atoms with E-state index in [0.717, 1.165) is 29.7 Å². The molecule has 12 nitrogen and oxygen atoms in total. The third-order valence-electron chi connectivity index (χ3n) is 6.90. The molecule has 6 rings (SSSR count). The maximum absolute atomic E-state index is 12.7. The highest BCUT2D eigenvalue weighted by atomic mass is 16.4. The topological polar surface area (TPSA) is 174 Å². The van der Waals surface area contributed by atoms with Gasteiger partial charge in [-0.1, -0.05) is 18.2 Å². The second kappa shape index (κ2) is 9.98. The van der Waals surface area contributed by atoms with Gasteiger partial charge in [0.2, 0.25) is 17.7 Å². The van der Waals surface area contributed by atoms with E-state index in [9.17, 15) is 4.79 Å². The van der Waals surface area contributed by atoms with E-state index in [4.69, 9.17) is 20.4 Å². The Hall–Kier alpha value is -4.71. The molecule has 2 aliphatic rings. The summed E-state index contributed by atoms with van der Waals surface area (Å²) in [4.78, 5) is 23.2. The molecular weight excluding hydrogens is 486 g/mol. The third kappa shape index (κ3) is 4.81. The van der Waals surface area contributed by atoms with E-state index < -0.39 is 0 Å². The van der Waals surface area contributed by atoms with Crippen LogP contribution in [0.25, 0.3) is 22.6 Å². The lowest BCUT2D eigenvalue weighted by Gasteiger charge is -2.28. The molecule has 4 heterocycles. The lowest BCUT2D eigenvalue weighted by atomic mass is 10.0. The van der Waals surface area contributed by atoms with Crippen LogP contribution in [-0.4, -0.2) is 50.1 Å². The standard InChI is InChI=1S/C26H27N9O3/c27-21-13-35(5-3-22(21)32-28)24(36)10-23-33-34-25(38-23)19-11-29-26(30-12-19)31-20-8-16-2-1-15(7-18(16)9-20)17-4-6-37-14-17/h1-2,4,6-7,11-12,14,20,32H,3,5,8-10,13,27-28H2,(H,29,30,31)/t20-/m0/s1. The molecule has 1 aliphatic carbocycles. The van der Waals surface area contributed by atoms with E-state index in [1.165, 1.54) is 11.1 Å². The Morgan fingerprint density at radius 3 is 2.68 bits per heavy atom. The average Bonchev–Trinajstić information content (AvgIpc) is 3.70. The number of carbonyl (C=O) groups excluding carboxylic acids is 1. The van der Waals surface area contributed by atoms with E-state index in [1.807, 2.05) is 6.07 Å². The first kappa shape index (κ1) is 23.7. The molecule has 0 saturated heterocycles. The molecule has 12 heteroatoms. The van der Waals surface area contributed by atoms with Gasteiger partial charge in [0.05, 0.1) is 24.6 Å². The highest BCUT2D eigenvalue weighted by Gasteiger charge is 2.24. The summed E-state index contributed by atoms with van der Waals surface area (Å²) in [5.41, 5.74) is 15.3. The molecule has 0 saturated carbocycles. The molecule has 1 amide bonds. The summed E-state index contributed by atoms with van der Waals surface area (Å²) in [7, 11) is 0. The first-order valence-electron chi connectivity index (χ1n) is 12.3. The Kier molecular flexibility index (Phi) is 6.22. The van der Waals surface area contributed by atoms with Gasteiger partial charge >= 0.3 is 0 Å². The van der Waals surface area contributed by atoms with Gasteiger partial charge in [-0.15, -0.1) is 10.2 Å². The van der Waals surface area contributed by atoms with E-state index in [-0.39, 0.29) is 30.2 Å². The van der Waals surface area contributed by atoms with Crippen molar-refractivity contribution in [2.75, 3.05) is 18.4 Å². The number of amides is 1. The number of aromatic nitrogens is 4. The number of fused-ring (bicyclic) bond motifs is 1. The first-order valence-corrected chi connectivity index (χ1v) is 12.3. The van der Waals surface area contributed by atoms with Gasteiger partial charge in [-0.2, -0.15) is 0 Å². The lowest BCUT2D eigenvalue weighted by molar-refractivity contribution is -0.130. The zero-order valence-corrected chi connectivity index (χ0v) is 20.6. The van der Waals surface area contributed by atoms with Crippen LogP contribution in [0.5, 0.6) is 0 Å². The summed E-state index contributed by atoms with van der Waals surface area (Å²) in [6.45, 7) is 0.819. The monoisotopic (exact) mass is 513 g/mol. The molecule has 0 radical (unpaired) electrons. The predicted molar refractivity (Wildman–Crippen MR) is 138 cm³/mol. The molecule has 6 N–H and O–H groups in total. The number of hydrogen-bond donors (Lipinski definition) is 4. The van der Waals surface area contributed by atoms with Gasteiger partial charge in [-0.25, -0.2) is 9.97 Å². The summed E-state index contributed by atoms with van der Waals surface area (Å²) < 4.78 is 10.9. The maximum Gasteiger partial charge on any atom is 0.250 e. The summed E-state index contributed by atoms with van der Waals surface area (Å²) in [5, 5.41) is 11.5. The van der Waals surface area contributed by atoms with Crippen LogP contribution in [0.4, 0.5) is 5.95 Å². The largest absolute Gasteiger partial charge is 0.472 e. The predicted octanol–water partition coefficient (Wildman–Crippen LogP) is 1.77. The molecular formula is C26H27N9O3. The fraction of sp³-hybridized carbons (Fsp3) is 0.269. The first-order chi connectivity index (χ1) is 18.6. The minimum atomic E-state index is -0.149. The molecule has 38 heavy (non-hydrogen) atoms. The third-order valence-corrected chi connectivity index (χ3v) is 6.90. The number of carbonyl (C=O) groups is 1. The minimum absolute atomic E-state index is 0.0171. The number of nitrogens with zero attached hydrogens (tertiary/aromatic N) is 5. The number of rotatable bonds is 7. The molecule has 194 valence electrons. The zero-order chi connectivity index (χ0) is 26.1. The van der Waals surface area contributed by atoms with Crippen LogP contribution in [0, 0.1) is 0 Å². The molecule has 0 fully saturated rings. The van der Waals surface area contributed by atoms with E-state index >= 15 is 0 Å². The quantitative estimate of drug-likeness (QED) is 0.209. The minimum Gasteiger partial charge on any atom is -0.472 e. The fourth-order valence-electron chi connectivity index (χ4n) is 4.87. The van der Waals surface area contributed by atoms with Crippen LogP contribution >= 0.6 is 0 Å². The van der Waals surface area contributed by atoms with Crippen molar-refractivity contribution < 1.29 is 13.6 Å². The zero-order valence-electron chi connectivity index (χ0n) is 20.6. The van der Waals surface area contributed by atoms with Crippen LogP contribution < -0.4 is 22.3 Å². The molecule has 1 atom stereocenters. The smallest absolute Gasteiger partial charge is 0.250 e. The van der Waals surface area contributed by atoms with Gasteiger partial charge in [0, 0.05) is 48.4 Å². The van der Waals surface area contributed by atoms with Crippen molar-refractivity contribution in [3.05, 3.63) is 77.6 Å². The van der Waals surface area contributed by atoms with Crippen molar-refractivity contribution in [1.82, 2.24) is 30.5 Å². The highest BCUT2D eigenvalue weighted by molar-refractivity contribution is 5.78. The Morgan fingerprint density at radius 1 is 1.08 bits per heavy atom. The molecule has 4 aromatic rings. The van der Waals surface area contributed by atoms with Crippen molar-refractivity contribution in [3.63, 3.8) is 0 Å². The average molecular weight is 514 g/mol. The number of anilines is 1. The van der Waals surface area contributed by atoms with Crippen molar-refractivity contribution in [1.29, 1.82) is 0 Å². The van der Waals surface area contributed by atoms with Gasteiger partial charge in [0.15, 0.2) is 0 Å². The van der Waals surface area contributed by atoms with Crippen LogP contribution in [0.15, 0.2) is 69.4 Å². The molecule has 0 bridgehead atoms. The van der Waals surface area contributed by atoms with Gasteiger partial charge < -0.3 is 30.2 Å². The number of hydrazine groups is 1. The van der Waals surface area contributed by atoms with Crippen LogP contribution in [-0.2, 0) is 24.1 Å². The number of benzene rings is 1. The van der Waals surface area contributed by atoms with Crippen LogP contribution in [0.3, 0.4) is 0 Å². The Bertz CT molecular complexity index is 1480. The van der Waals surface area contributed by atoms with Gasteiger partial charge in [0.25, 0.3) is 5.89 Å². The number of furan rings is 1. The van der Waals surface area contributed by atoms with Crippen LogP contribution in [0.2, 0.25) is 0 Å². The van der Waals surface area contributed by atoms with Gasteiger partial charge in [-0.05, 0) is 35.6 Å². The number of hydrogen-bond acceptors (Lipinski definition) is 11. The maximum atomic E-state index is 12.7. The second-order valence-electron chi connectivity index (χ2n) is 9.43. The summed E-state index contributed by atoms with van der Waals surface area (Å²) >= 11 is 0. The molecule has 0 spiro atoms. The summed E-state index contributed by atoms with van der Waals surface area (Å²) in [6.07, 6.45) is 9.03. The lowest BCUT2D eigenvalue weighted by Crippen LogP contribution is -2.42. The van der Waals surface area contributed by atoms with E-state index in [0.29, 0.717) is 36.7 Å². The van der Waals surface area contributed by atoms with Gasteiger partial charge in [-0.3, -0.25) is 10.6 Å². The molecule has 1 aliphatic heterocycles. The molecule has 1 aromatic carbocycles. The number of nitrogens with one attached hydrogen (secondary N) is 2. The van der Waals surface area contributed by atoms with Crippen LogP contribution in [0.1, 0.15) is 23.4 Å². The number of nitrogens with two attached hydrogens (primary N) is 2. The summed E-state index contributed by atoms with van der Waals surface area (Å²) in [6, 6.07) is 8.68. The SMILES string of the molecule is NNC1=C(N)CN(C(=O)Cc2nnc(-c3cnc(N[C@H]4Cc5ccc(-c6ccoc6)cc5C4)nc3)o2)CC1. The fourth-order valence-corrected chi connectivity index (χ4v) is 4.87. The van der Waals surface area contributed by atoms with Gasteiger partial charge in [0.1, 0.15) is 6.42 Å². The Balaban J connectivity index is 1.05. The van der Waals surface area contributed by atoms with E-state index in [2.05, 4.69) is 49.1 Å². The Labute approximate surface area is 218 Å². The summed E-state index contributed by atoms with van der Waals surface area (Å²) in [5.74, 6) is 6.30. The Morgan fingerprint density at radius 2 is 1.92 bits per heavy atom. The highest BCUT2D eigenvalue weighted by Crippen LogP contribution is 2.29. The van der Waals surface area contributed by atoms with Crippen molar-refractivity contribution in [3.8, 4) is 22.6 Å². The normalized spacial score (nSPS) is 17.0. The van der Waals surface area contributed by atoms with E-state index in [1.54, 1.807) is 29.8 Å². The van der Waals surface area contributed by atoms with Crippen molar-refractivity contribution in [2.24, 2.45) is 11.6 Å². The van der Waals surface area contributed by atoms with Crippen molar-refractivity contribution in [2.45, 2.75) is 31.7 Å². The van der Waals surface area contributed by atoms with Crippen molar-refractivity contribution >= 4 is 11.9 Å².